The molecule has 0 fully saturated rings. The molecule has 0 aliphatic rings. The van der Waals surface area contributed by atoms with Crippen LogP contribution in [0.1, 0.15) is 39.5 Å². The number of aromatic nitrogens is 4. The summed E-state index contributed by atoms with van der Waals surface area (Å²) in [6.07, 6.45) is 1.36. The van der Waals surface area contributed by atoms with Gasteiger partial charge in [-0.05, 0) is 60.9 Å². The molecule has 0 amide bonds. The lowest BCUT2D eigenvalue weighted by Crippen LogP contribution is -2.17. The lowest BCUT2D eigenvalue weighted by molar-refractivity contribution is 0.198. The SMILES string of the molecule is C[C@@H](Oc1cccc(Cl)c1-c1nc(-c2ccc(OCC(C)(C)C)cc2)nc(=O)[nH]1)c1ccccn1. The zero-order valence-corrected chi connectivity index (χ0v) is 20.8. The first-order valence-electron chi connectivity index (χ1n) is 11.3. The Morgan fingerprint density at radius 1 is 1.00 bits per heavy atom. The molecule has 35 heavy (non-hydrogen) atoms. The number of benzene rings is 2. The first kappa shape index (κ1) is 24.4. The minimum absolute atomic E-state index is 0.0478. The summed E-state index contributed by atoms with van der Waals surface area (Å²) >= 11 is 6.54. The summed E-state index contributed by atoms with van der Waals surface area (Å²) in [5, 5.41) is 0.391. The van der Waals surface area contributed by atoms with Crippen LogP contribution >= 0.6 is 11.6 Å². The van der Waals surface area contributed by atoms with E-state index in [-0.39, 0.29) is 23.2 Å². The van der Waals surface area contributed by atoms with Gasteiger partial charge < -0.3 is 9.47 Å². The maximum absolute atomic E-state index is 12.5. The lowest BCUT2D eigenvalue weighted by Gasteiger charge is -2.19. The molecule has 0 aliphatic heterocycles. The quantitative estimate of drug-likeness (QED) is 0.336. The molecule has 4 aromatic rings. The number of H-pyrrole nitrogens is 1. The molecule has 2 aromatic heterocycles. The second-order valence-corrected chi connectivity index (χ2v) is 9.73. The van der Waals surface area contributed by atoms with Crippen LogP contribution in [0.5, 0.6) is 11.5 Å². The highest BCUT2D eigenvalue weighted by Crippen LogP contribution is 2.36. The topological polar surface area (TPSA) is 90.0 Å². The monoisotopic (exact) mass is 490 g/mol. The van der Waals surface area contributed by atoms with Crippen LogP contribution in [-0.2, 0) is 0 Å². The van der Waals surface area contributed by atoms with Gasteiger partial charge in [0, 0.05) is 11.8 Å². The van der Waals surface area contributed by atoms with E-state index < -0.39 is 5.69 Å². The average molecular weight is 491 g/mol. The predicted octanol–water partition coefficient (Wildman–Crippen LogP) is 6.11. The van der Waals surface area contributed by atoms with E-state index in [1.807, 2.05) is 49.4 Å². The Balaban J connectivity index is 1.66. The zero-order valence-electron chi connectivity index (χ0n) is 20.1. The largest absolute Gasteiger partial charge is 0.493 e. The van der Waals surface area contributed by atoms with Crippen molar-refractivity contribution in [1.29, 1.82) is 0 Å². The molecule has 0 saturated carbocycles. The van der Waals surface area contributed by atoms with E-state index in [0.717, 1.165) is 11.4 Å². The molecule has 0 unspecified atom stereocenters. The Morgan fingerprint density at radius 2 is 1.77 bits per heavy atom. The lowest BCUT2D eigenvalue weighted by atomic mass is 9.99. The van der Waals surface area contributed by atoms with Gasteiger partial charge in [0.25, 0.3) is 0 Å². The molecule has 8 heteroatoms. The smallest absolute Gasteiger partial charge is 0.348 e. The van der Waals surface area contributed by atoms with Crippen molar-refractivity contribution in [3.63, 3.8) is 0 Å². The molecular weight excluding hydrogens is 464 g/mol. The molecule has 1 N–H and O–H groups in total. The Hall–Kier alpha value is -3.71. The molecule has 0 spiro atoms. The number of halogens is 1. The van der Waals surface area contributed by atoms with Crippen molar-refractivity contribution in [1.82, 2.24) is 19.9 Å². The van der Waals surface area contributed by atoms with Crippen molar-refractivity contribution in [2.45, 2.75) is 33.8 Å². The van der Waals surface area contributed by atoms with Gasteiger partial charge in [-0.15, -0.1) is 0 Å². The van der Waals surface area contributed by atoms with Gasteiger partial charge in [0.1, 0.15) is 23.4 Å². The molecule has 1 atom stereocenters. The summed E-state index contributed by atoms with van der Waals surface area (Å²) in [6, 6.07) is 18.2. The van der Waals surface area contributed by atoms with E-state index >= 15 is 0 Å². The summed E-state index contributed by atoms with van der Waals surface area (Å²) in [4.78, 5) is 28.2. The van der Waals surface area contributed by atoms with Gasteiger partial charge in [-0.3, -0.25) is 9.97 Å². The van der Waals surface area contributed by atoms with Crippen molar-refractivity contribution in [2.75, 3.05) is 6.61 Å². The number of hydrogen-bond acceptors (Lipinski definition) is 6. The number of aromatic amines is 1. The number of nitrogens with zero attached hydrogens (tertiary/aromatic N) is 3. The van der Waals surface area contributed by atoms with Crippen LogP contribution < -0.4 is 15.2 Å². The van der Waals surface area contributed by atoms with Crippen LogP contribution in [0.25, 0.3) is 22.8 Å². The minimum Gasteiger partial charge on any atom is -0.493 e. The zero-order chi connectivity index (χ0) is 25.0. The summed E-state index contributed by atoms with van der Waals surface area (Å²) in [5.74, 6) is 1.75. The van der Waals surface area contributed by atoms with Gasteiger partial charge in [-0.25, -0.2) is 9.78 Å². The highest BCUT2D eigenvalue weighted by atomic mass is 35.5. The van der Waals surface area contributed by atoms with Crippen molar-refractivity contribution in [3.8, 4) is 34.3 Å². The number of pyridine rings is 1. The molecule has 0 saturated heterocycles. The van der Waals surface area contributed by atoms with Crippen LogP contribution in [-0.4, -0.2) is 26.5 Å². The van der Waals surface area contributed by atoms with Crippen LogP contribution in [0.15, 0.2) is 71.7 Å². The molecular formula is C27H27ClN4O3. The fourth-order valence-corrected chi connectivity index (χ4v) is 3.59. The highest BCUT2D eigenvalue weighted by Gasteiger charge is 2.19. The molecule has 180 valence electrons. The Labute approximate surface area is 209 Å². The predicted molar refractivity (Wildman–Crippen MR) is 137 cm³/mol. The van der Waals surface area contributed by atoms with E-state index in [9.17, 15) is 4.79 Å². The molecule has 0 bridgehead atoms. The molecule has 7 nitrogen and oxygen atoms in total. The van der Waals surface area contributed by atoms with Crippen molar-refractivity contribution >= 4 is 11.6 Å². The maximum Gasteiger partial charge on any atom is 0.348 e. The number of hydrogen-bond donors (Lipinski definition) is 1. The normalized spacial score (nSPS) is 12.3. The van der Waals surface area contributed by atoms with E-state index in [2.05, 4.69) is 40.7 Å². The second kappa shape index (κ2) is 10.3. The fraction of sp³-hybridized carbons (Fsp3) is 0.259. The van der Waals surface area contributed by atoms with Crippen LogP contribution in [0.2, 0.25) is 5.02 Å². The second-order valence-electron chi connectivity index (χ2n) is 9.33. The Bertz CT molecular complexity index is 1350. The van der Waals surface area contributed by atoms with E-state index in [1.54, 1.807) is 24.4 Å². The summed E-state index contributed by atoms with van der Waals surface area (Å²) in [6.45, 7) is 8.80. The Kier molecular flexibility index (Phi) is 7.17. The van der Waals surface area contributed by atoms with Gasteiger partial charge in [0.15, 0.2) is 5.82 Å². The minimum atomic E-state index is -0.540. The van der Waals surface area contributed by atoms with Crippen molar-refractivity contribution in [2.24, 2.45) is 5.41 Å². The van der Waals surface area contributed by atoms with Gasteiger partial charge in [0.2, 0.25) is 0 Å². The maximum atomic E-state index is 12.5. The molecule has 4 rings (SSSR count). The van der Waals surface area contributed by atoms with Crippen molar-refractivity contribution in [3.05, 3.63) is 88.1 Å². The van der Waals surface area contributed by atoms with E-state index in [1.165, 1.54) is 0 Å². The van der Waals surface area contributed by atoms with Gasteiger partial charge in [0.05, 0.1) is 22.9 Å². The third-order valence-corrected chi connectivity index (χ3v) is 5.37. The number of rotatable bonds is 7. The fourth-order valence-electron chi connectivity index (χ4n) is 3.33. The van der Waals surface area contributed by atoms with E-state index in [4.69, 9.17) is 21.1 Å². The van der Waals surface area contributed by atoms with E-state index in [0.29, 0.717) is 28.5 Å². The third kappa shape index (κ3) is 6.25. The van der Waals surface area contributed by atoms with Crippen LogP contribution in [0.4, 0.5) is 0 Å². The molecule has 2 heterocycles. The summed E-state index contributed by atoms with van der Waals surface area (Å²) < 4.78 is 12.0. The number of nitrogens with one attached hydrogen (secondary N) is 1. The van der Waals surface area contributed by atoms with Crippen LogP contribution in [0, 0.1) is 5.41 Å². The van der Waals surface area contributed by atoms with Gasteiger partial charge in [-0.2, -0.15) is 4.98 Å². The standard InChI is InChI=1S/C27H27ClN4O3/c1-17(21-9-5-6-15-29-21)35-22-10-7-8-20(28)23(22)25-30-24(31-26(33)32-25)18-11-13-19(14-12-18)34-16-27(2,3)4/h5-15,17H,16H2,1-4H3,(H,30,31,32,33)/t17-/m1/s1. The molecule has 0 aliphatic carbocycles. The number of ether oxygens (including phenoxy) is 2. The highest BCUT2D eigenvalue weighted by molar-refractivity contribution is 6.33. The van der Waals surface area contributed by atoms with Gasteiger partial charge >= 0.3 is 5.69 Å². The summed E-state index contributed by atoms with van der Waals surface area (Å²) in [5.41, 5.74) is 1.43. The Morgan fingerprint density at radius 3 is 2.46 bits per heavy atom. The molecule has 0 radical (unpaired) electrons. The van der Waals surface area contributed by atoms with Crippen molar-refractivity contribution < 1.29 is 9.47 Å². The third-order valence-electron chi connectivity index (χ3n) is 5.06. The first-order valence-corrected chi connectivity index (χ1v) is 11.7. The van der Waals surface area contributed by atoms with Gasteiger partial charge in [-0.1, -0.05) is 44.5 Å². The first-order chi connectivity index (χ1) is 16.7. The average Bonchev–Trinajstić information content (AvgIpc) is 2.83. The van der Waals surface area contributed by atoms with Crippen LogP contribution in [0.3, 0.4) is 0 Å². The summed E-state index contributed by atoms with van der Waals surface area (Å²) in [7, 11) is 0. The molecule has 2 aromatic carbocycles.